The minimum atomic E-state index is -0.550. The number of piperidine rings is 1. The summed E-state index contributed by atoms with van der Waals surface area (Å²) < 4.78 is 0. The Labute approximate surface area is 94.7 Å². The quantitative estimate of drug-likeness (QED) is 0.778. The zero-order valence-corrected chi connectivity index (χ0v) is 11.0. The third kappa shape index (κ3) is 3.46. The van der Waals surface area contributed by atoms with Crippen molar-refractivity contribution in [2.45, 2.75) is 59.1 Å². The molecule has 1 aliphatic heterocycles. The minimum Gasteiger partial charge on any atom is -0.389 e. The van der Waals surface area contributed by atoms with Crippen molar-refractivity contribution in [1.82, 2.24) is 4.90 Å². The molecule has 1 saturated heterocycles. The Morgan fingerprint density at radius 1 is 1.33 bits per heavy atom. The molecule has 2 heteroatoms. The minimum absolute atomic E-state index is 0.321. The maximum atomic E-state index is 10.3. The average molecular weight is 213 g/mol. The van der Waals surface area contributed by atoms with Gasteiger partial charge in [0.2, 0.25) is 0 Å². The van der Waals surface area contributed by atoms with Crippen molar-refractivity contribution in [3.63, 3.8) is 0 Å². The average Bonchev–Trinajstić information content (AvgIpc) is 2.10. The first-order valence-electron chi connectivity index (χ1n) is 6.29. The zero-order chi connectivity index (χ0) is 11.6. The summed E-state index contributed by atoms with van der Waals surface area (Å²) in [5, 5.41) is 10.3. The van der Waals surface area contributed by atoms with Crippen LogP contribution >= 0.6 is 0 Å². The van der Waals surface area contributed by atoms with Gasteiger partial charge < -0.3 is 5.11 Å². The molecule has 0 spiro atoms. The van der Waals surface area contributed by atoms with Crippen LogP contribution in [-0.4, -0.2) is 34.7 Å². The number of rotatable bonds is 3. The molecule has 3 unspecified atom stereocenters. The van der Waals surface area contributed by atoms with Gasteiger partial charge in [0, 0.05) is 19.1 Å². The van der Waals surface area contributed by atoms with Crippen LogP contribution in [0.25, 0.3) is 0 Å². The number of hydrogen-bond donors (Lipinski definition) is 1. The lowest BCUT2D eigenvalue weighted by molar-refractivity contribution is -0.0391. The molecule has 0 bridgehead atoms. The number of β-amino-alcohol motifs (C(OH)–C–C–N with tert-alkyl or cyclic N) is 1. The largest absolute Gasteiger partial charge is 0.389 e. The number of aliphatic hydroxyl groups is 1. The van der Waals surface area contributed by atoms with Crippen LogP contribution < -0.4 is 0 Å². The maximum Gasteiger partial charge on any atom is 0.0768 e. The molecule has 0 aromatic carbocycles. The summed E-state index contributed by atoms with van der Waals surface area (Å²) in [6, 6.07) is 0.631. The Bertz CT molecular complexity index is 201. The summed E-state index contributed by atoms with van der Waals surface area (Å²) in [4.78, 5) is 2.45. The van der Waals surface area contributed by atoms with E-state index in [1.165, 1.54) is 12.8 Å². The van der Waals surface area contributed by atoms with E-state index in [0.717, 1.165) is 19.0 Å². The second kappa shape index (κ2) is 4.84. The molecule has 3 atom stereocenters. The third-order valence-electron chi connectivity index (χ3n) is 4.01. The Kier molecular flexibility index (Phi) is 4.19. The zero-order valence-electron chi connectivity index (χ0n) is 11.0. The first-order chi connectivity index (χ1) is 6.83. The van der Waals surface area contributed by atoms with Gasteiger partial charge >= 0.3 is 0 Å². The van der Waals surface area contributed by atoms with Crippen molar-refractivity contribution in [3.05, 3.63) is 0 Å². The first kappa shape index (κ1) is 13.0. The predicted octanol–water partition coefficient (Wildman–Crippen LogP) is 2.51. The predicted molar refractivity (Wildman–Crippen MR) is 64.9 cm³/mol. The second-order valence-electron chi connectivity index (χ2n) is 5.97. The van der Waals surface area contributed by atoms with Gasteiger partial charge in [0.1, 0.15) is 0 Å². The highest BCUT2D eigenvalue weighted by Crippen LogP contribution is 2.25. The molecule has 0 aliphatic carbocycles. The lowest BCUT2D eigenvalue weighted by atomic mass is 9.88. The monoisotopic (exact) mass is 213 g/mol. The van der Waals surface area contributed by atoms with Gasteiger partial charge in [-0.05, 0) is 38.5 Å². The molecular weight excluding hydrogens is 186 g/mol. The Balaban J connectivity index is 2.55. The number of hydrogen-bond acceptors (Lipinski definition) is 2. The topological polar surface area (TPSA) is 23.5 Å². The normalized spacial score (nSPS) is 33.0. The molecule has 1 N–H and O–H groups in total. The molecule has 15 heavy (non-hydrogen) atoms. The fraction of sp³-hybridized carbons (Fsp3) is 1.00. The third-order valence-corrected chi connectivity index (χ3v) is 4.01. The second-order valence-corrected chi connectivity index (χ2v) is 5.97. The lowest BCUT2D eigenvalue weighted by Gasteiger charge is -2.42. The van der Waals surface area contributed by atoms with Crippen molar-refractivity contribution in [2.75, 3.05) is 13.1 Å². The van der Waals surface area contributed by atoms with Gasteiger partial charge in [0.15, 0.2) is 0 Å². The highest BCUT2D eigenvalue weighted by atomic mass is 16.3. The van der Waals surface area contributed by atoms with Crippen LogP contribution in [0.2, 0.25) is 0 Å². The van der Waals surface area contributed by atoms with Gasteiger partial charge in [0.05, 0.1) is 5.60 Å². The van der Waals surface area contributed by atoms with Crippen LogP contribution in [-0.2, 0) is 0 Å². The fourth-order valence-electron chi connectivity index (χ4n) is 2.19. The van der Waals surface area contributed by atoms with Crippen LogP contribution in [0, 0.1) is 11.8 Å². The van der Waals surface area contributed by atoms with Gasteiger partial charge in [-0.25, -0.2) is 0 Å². The molecule has 1 rings (SSSR count). The molecule has 0 amide bonds. The molecule has 0 aromatic heterocycles. The van der Waals surface area contributed by atoms with E-state index in [2.05, 4.69) is 32.6 Å². The fourth-order valence-corrected chi connectivity index (χ4v) is 2.19. The summed E-state index contributed by atoms with van der Waals surface area (Å²) in [5.74, 6) is 1.10. The number of likely N-dealkylation sites (tertiary alicyclic amines) is 1. The van der Waals surface area contributed by atoms with Gasteiger partial charge in [-0.3, -0.25) is 4.90 Å². The summed E-state index contributed by atoms with van der Waals surface area (Å²) in [7, 11) is 0. The molecule has 1 fully saturated rings. The molecule has 1 heterocycles. The van der Waals surface area contributed by atoms with Gasteiger partial charge in [0.25, 0.3) is 0 Å². The lowest BCUT2D eigenvalue weighted by Crippen LogP contribution is -2.50. The molecule has 1 aliphatic rings. The SMILES string of the molecule is CC1CCC(C)N(CC(C)(O)C(C)C)C1. The molecule has 0 saturated carbocycles. The molecule has 0 radical (unpaired) electrons. The smallest absolute Gasteiger partial charge is 0.0768 e. The van der Waals surface area contributed by atoms with Crippen LogP contribution in [0.1, 0.15) is 47.5 Å². The Morgan fingerprint density at radius 3 is 2.47 bits per heavy atom. The van der Waals surface area contributed by atoms with Crippen molar-refractivity contribution in [1.29, 1.82) is 0 Å². The van der Waals surface area contributed by atoms with E-state index >= 15 is 0 Å². The van der Waals surface area contributed by atoms with E-state index in [1.54, 1.807) is 0 Å². The van der Waals surface area contributed by atoms with E-state index in [-0.39, 0.29) is 0 Å². The Hall–Kier alpha value is -0.0800. The first-order valence-corrected chi connectivity index (χ1v) is 6.29. The van der Waals surface area contributed by atoms with Gasteiger partial charge in [-0.2, -0.15) is 0 Å². The summed E-state index contributed by atoms with van der Waals surface area (Å²) >= 11 is 0. The molecule has 90 valence electrons. The van der Waals surface area contributed by atoms with Crippen molar-refractivity contribution in [3.8, 4) is 0 Å². The molecule has 2 nitrogen and oxygen atoms in total. The van der Waals surface area contributed by atoms with Crippen LogP contribution in [0.3, 0.4) is 0 Å². The van der Waals surface area contributed by atoms with E-state index in [1.807, 2.05) is 6.92 Å². The van der Waals surface area contributed by atoms with Gasteiger partial charge in [-0.1, -0.05) is 20.8 Å². The molecular formula is C13H27NO. The van der Waals surface area contributed by atoms with E-state index < -0.39 is 5.60 Å². The van der Waals surface area contributed by atoms with Crippen molar-refractivity contribution < 1.29 is 5.11 Å². The van der Waals surface area contributed by atoms with Crippen molar-refractivity contribution >= 4 is 0 Å². The standard InChI is InChI=1S/C13H27NO/c1-10(2)13(5,15)9-14-8-11(3)6-7-12(14)4/h10-12,15H,6-9H2,1-5H3. The van der Waals surface area contributed by atoms with Crippen LogP contribution in [0.4, 0.5) is 0 Å². The van der Waals surface area contributed by atoms with E-state index in [9.17, 15) is 5.11 Å². The summed E-state index contributed by atoms with van der Waals surface area (Å²) in [6.07, 6.45) is 2.61. The van der Waals surface area contributed by atoms with Crippen LogP contribution in [0.5, 0.6) is 0 Å². The van der Waals surface area contributed by atoms with Gasteiger partial charge in [-0.15, -0.1) is 0 Å². The highest BCUT2D eigenvalue weighted by molar-refractivity contribution is 4.85. The summed E-state index contributed by atoms with van der Waals surface area (Å²) in [5.41, 5.74) is -0.550. The van der Waals surface area contributed by atoms with E-state index in [0.29, 0.717) is 12.0 Å². The van der Waals surface area contributed by atoms with Crippen molar-refractivity contribution in [2.24, 2.45) is 11.8 Å². The maximum absolute atomic E-state index is 10.3. The van der Waals surface area contributed by atoms with Crippen LogP contribution in [0.15, 0.2) is 0 Å². The number of nitrogens with zero attached hydrogens (tertiary/aromatic N) is 1. The molecule has 0 aromatic rings. The Morgan fingerprint density at radius 2 is 1.93 bits per heavy atom. The summed E-state index contributed by atoms with van der Waals surface area (Å²) in [6.45, 7) is 12.7. The van der Waals surface area contributed by atoms with E-state index in [4.69, 9.17) is 0 Å². The highest BCUT2D eigenvalue weighted by Gasteiger charge is 2.32.